The maximum absolute atomic E-state index is 12.7. The molecule has 0 bridgehead atoms. The van der Waals surface area contributed by atoms with Gasteiger partial charge in [-0.25, -0.2) is 4.68 Å². The zero-order chi connectivity index (χ0) is 18.4. The molecule has 0 radical (unpaired) electrons. The monoisotopic (exact) mass is 347 g/mol. The fourth-order valence-corrected chi connectivity index (χ4v) is 3.37. The van der Waals surface area contributed by atoms with Crippen LogP contribution in [0, 0.1) is 13.8 Å². The van der Waals surface area contributed by atoms with E-state index in [2.05, 4.69) is 20.8 Å². The Hall–Kier alpha value is -2.22. The Balaban J connectivity index is 1.73. The average Bonchev–Trinajstić information content (AvgIpc) is 3.09. The summed E-state index contributed by atoms with van der Waals surface area (Å²) in [5, 5.41) is 15.0. The van der Waals surface area contributed by atoms with Crippen molar-refractivity contribution >= 4 is 5.91 Å². The van der Waals surface area contributed by atoms with E-state index in [1.54, 1.807) is 4.68 Å². The van der Waals surface area contributed by atoms with Gasteiger partial charge in [0.25, 0.3) is 5.91 Å². The molecule has 1 fully saturated rings. The van der Waals surface area contributed by atoms with E-state index in [9.17, 15) is 4.79 Å². The third-order valence-electron chi connectivity index (χ3n) is 4.56. The number of carbonyl (C=O) groups is 1. The van der Waals surface area contributed by atoms with Crippen LogP contribution in [0.5, 0.6) is 0 Å². The van der Waals surface area contributed by atoms with Crippen LogP contribution in [0.2, 0.25) is 0 Å². The second-order valence-corrected chi connectivity index (χ2v) is 7.81. The molecule has 3 rings (SSSR count). The number of hydrogen-bond donors (Lipinski definition) is 1. The van der Waals surface area contributed by atoms with Crippen molar-refractivity contribution in [3.63, 3.8) is 0 Å². The Bertz CT molecular complexity index is 790. The molecule has 1 aliphatic rings. The second kappa shape index (κ2) is 5.94. The number of aromatic nitrogens is 4. The molecule has 8 nitrogen and oxygen atoms in total. The molecule has 1 amide bonds. The zero-order valence-corrected chi connectivity index (χ0v) is 15.6. The van der Waals surface area contributed by atoms with E-state index in [-0.39, 0.29) is 17.6 Å². The number of nitrogens with one attached hydrogen (secondary N) is 1. The minimum atomic E-state index is -0.430. The summed E-state index contributed by atoms with van der Waals surface area (Å²) >= 11 is 0. The normalized spacial score (nSPS) is 21.4. The predicted molar refractivity (Wildman–Crippen MR) is 90.2 cm³/mol. The molecule has 0 spiro atoms. The van der Waals surface area contributed by atoms with E-state index >= 15 is 0 Å². The first-order valence-corrected chi connectivity index (χ1v) is 8.41. The molecule has 1 N–H and O–H groups in total. The highest BCUT2D eigenvalue weighted by Gasteiger charge is 2.46. The SMILES string of the molecule is Cc1cc(Cn2nnc(C(=O)N[C@H]3CC(C)(C)OC3(C)C)c2C)on1. The molecule has 136 valence electrons. The van der Waals surface area contributed by atoms with Crippen LogP contribution in [-0.2, 0) is 11.3 Å². The molecule has 0 aliphatic carbocycles. The zero-order valence-electron chi connectivity index (χ0n) is 15.6. The van der Waals surface area contributed by atoms with Crippen molar-refractivity contribution in [3.05, 3.63) is 28.9 Å². The van der Waals surface area contributed by atoms with Crippen molar-refractivity contribution in [2.45, 2.75) is 71.8 Å². The van der Waals surface area contributed by atoms with Crippen molar-refractivity contribution in [2.24, 2.45) is 0 Å². The van der Waals surface area contributed by atoms with Gasteiger partial charge in [-0.2, -0.15) is 0 Å². The number of amides is 1. The fourth-order valence-electron chi connectivity index (χ4n) is 3.37. The average molecular weight is 347 g/mol. The standard InChI is InChI=1S/C17H25N5O3/c1-10-7-12(24-20-10)9-22-11(2)14(19-21-22)15(23)18-13-8-16(3,4)25-17(13,5)6/h7,13H,8-9H2,1-6H3,(H,18,23)/t13-/m0/s1. The topological polar surface area (TPSA) is 95.1 Å². The number of hydrogen-bond acceptors (Lipinski definition) is 6. The molecule has 1 atom stereocenters. The van der Waals surface area contributed by atoms with E-state index in [1.807, 2.05) is 47.6 Å². The van der Waals surface area contributed by atoms with Gasteiger partial charge in [0.05, 0.1) is 28.6 Å². The predicted octanol–water partition coefficient (Wildman–Crippen LogP) is 2.01. The highest BCUT2D eigenvalue weighted by molar-refractivity contribution is 5.93. The van der Waals surface area contributed by atoms with Crippen molar-refractivity contribution in [2.75, 3.05) is 0 Å². The molecular weight excluding hydrogens is 322 g/mol. The van der Waals surface area contributed by atoms with Crippen LogP contribution >= 0.6 is 0 Å². The first-order chi connectivity index (χ1) is 11.6. The van der Waals surface area contributed by atoms with Crippen molar-refractivity contribution in [3.8, 4) is 0 Å². The van der Waals surface area contributed by atoms with Gasteiger partial charge in [0, 0.05) is 6.07 Å². The maximum atomic E-state index is 12.7. The first-order valence-electron chi connectivity index (χ1n) is 8.41. The van der Waals surface area contributed by atoms with Crippen molar-refractivity contribution < 1.29 is 14.1 Å². The van der Waals surface area contributed by atoms with E-state index < -0.39 is 5.60 Å². The summed E-state index contributed by atoms with van der Waals surface area (Å²) in [6, 6.07) is 1.75. The molecular formula is C17H25N5O3. The minimum absolute atomic E-state index is 0.0866. The van der Waals surface area contributed by atoms with Crippen LogP contribution in [0.3, 0.4) is 0 Å². The first kappa shape index (κ1) is 17.6. The van der Waals surface area contributed by atoms with Crippen LogP contribution in [0.15, 0.2) is 10.6 Å². The summed E-state index contributed by atoms with van der Waals surface area (Å²) in [6.07, 6.45) is 0.746. The Morgan fingerprint density at radius 2 is 2.08 bits per heavy atom. The molecule has 2 aromatic heterocycles. The summed E-state index contributed by atoms with van der Waals surface area (Å²) in [5.41, 5.74) is 1.11. The lowest BCUT2D eigenvalue weighted by Crippen LogP contribution is -2.46. The maximum Gasteiger partial charge on any atom is 0.274 e. The Morgan fingerprint density at radius 3 is 2.64 bits per heavy atom. The lowest BCUT2D eigenvalue weighted by atomic mass is 9.94. The van der Waals surface area contributed by atoms with E-state index in [4.69, 9.17) is 9.26 Å². The van der Waals surface area contributed by atoms with Gasteiger partial charge in [0.2, 0.25) is 0 Å². The Kier molecular flexibility index (Phi) is 4.18. The van der Waals surface area contributed by atoms with Crippen LogP contribution < -0.4 is 5.32 Å². The minimum Gasteiger partial charge on any atom is -0.367 e. The van der Waals surface area contributed by atoms with Crippen LogP contribution in [0.4, 0.5) is 0 Å². The van der Waals surface area contributed by atoms with Gasteiger partial charge in [-0.05, 0) is 48.0 Å². The van der Waals surface area contributed by atoms with Gasteiger partial charge in [-0.3, -0.25) is 4.79 Å². The third kappa shape index (κ3) is 3.58. The Labute approximate surface area is 146 Å². The number of carbonyl (C=O) groups excluding carboxylic acids is 1. The Morgan fingerprint density at radius 1 is 1.36 bits per heavy atom. The number of aryl methyl sites for hydroxylation is 1. The lowest BCUT2D eigenvalue weighted by Gasteiger charge is -2.27. The molecule has 2 aromatic rings. The number of nitrogens with zero attached hydrogens (tertiary/aromatic N) is 4. The molecule has 0 unspecified atom stereocenters. The van der Waals surface area contributed by atoms with Gasteiger partial charge in [-0.15, -0.1) is 5.10 Å². The van der Waals surface area contributed by atoms with Gasteiger partial charge < -0.3 is 14.6 Å². The van der Waals surface area contributed by atoms with Gasteiger partial charge in [0.1, 0.15) is 6.54 Å². The van der Waals surface area contributed by atoms with Gasteiger partial charge in [-0.1, -0.05) is 10.4 Å². The summed E-state index contributed by atoms with van der Waals surface area (Å²) in [5.74, 6) is 0.432. The van der Waals surface area contributed by atoms with Gasteiger partial charge in [0.15, 0.2) is 11.5 Å². The van der Waals surface area contributed by atoms with Crippen LogP contribution in [-0.4, -0.2) is 43.3 Å². The molecule has 8 heteroatoms. The number of ether oxygens (including phenoxy) is 1. The molecule has 3 heterocycles. The lowest BCUT2D eigenvalue weighted by molar-refractivity contribution is -0.0693. The molecule has 0 aromatic carbocycles. The molecule has 0 saturated carbocycles. The third-order valence-corrected chi connectivity index (χ3v) is 4.56. The molecule has 1 aliphatic heterocycles. The van der Waals surface area contributed by atoms with E-state index in [1.165, 1.54) is 0 Å². The quantitative estimate of drug-likeness (QED) is 0.909. The molecule has 25 heavy (non-hydrogen) atoms. The largest absolute Gasteiger partial charge is 0.367 e. The summed E-state index contributed by atoms with van der Waals surface area (Å²) in [4.78, 5) is 12.7. The molecule has 1 saturated heterocycles. The van der Waals surface area contributed by atoms with E-state index in [0.29, 0.717) is 23.7 Å². The summed E-state index contributed by atoms with van der Waals surface area (Å²) in [7, 11) is 0. The van der Waals surface area contributed by atoms with Crippen LogP contribution in [0.1, 0.15) is 61.8 Å². The highest BCUT2D eigenvalue weighted by Crippen LogP contribution is 2.37. The highest BCUT2D eigenvalue weighted by atomic mass is 16.5. The number of rotatable bonds is 4. The van der Waals surface area contributed by atoms with Gasteiger partial charge >= 0.3 is 0 Å². The van der Waals surface area contributed by atoms with E-state index in [0.717, 1.165) is 12.1 Å². The summed E-state index contributed by atoms with van der Waals surface area (Å²) in [6.45, 7) is 12.1. The second-order valence-electron chi connectivity index (χ2n) is 7.81. The van der Waals surface area contributed by atoms with Crippen molar-refractivity contribution in [1.29, 1.82) is 0 Å². The fraction of sp³-hybridized carbons (Fsp3) is 0.647. The van der Waals surface area contributed by atoms with Crippen LogP contribution in [0.25, 0.3) is 0 Å². The smallest absolute Gasteiger partial charge is 0.274 e. The summed E-state index contributed by atoms with van der Waals surface area (Å²) < 4.78 is 12.9. The van der Waals surface area contributed by atoms with Crippen molar-refractivity contribution in [1.82, 2.24) is 25.5 Å².